The van der Waals surface area contributed by atoms with E-state index in [9.17, 15) is 0 Å². The molecule has 0 amide bonds. The van der Waals surface area contributed by atoms with Crippen molar-refractivity contribution in [1.29, 1.82) is 0 Å². The van der Waals surface area contributed by atoms with Gasteiger partial charge in [-0.3, -0.25) is 4.99 Å². The largest absolute Gasteiger partial charge is 0.438 e. The zero-order valence-electron chi connectivity index (χ0n) is 30.7. The monoisotopic (exact) mass is 765 g/mol. The minimum atomic E-state index is -0.446. The molecule has 270 valence electrons. The maximum atomic E-state index is 5.36. The summed E-state index contributed by atoms with van der Waals surface area (Å²) >= 11 is 3.81. The van der Waals surface area contributed by atoms with Crippen LogP contribution in [0, 0.1) is 0 Å². The van der Waals surface area contributed by atoms with Crippen LogP contribution in [0.1, 0.15) is 22.6 Å². The van der Waals surface area contributed by atoms with Crippen molar-refractivity contribution in [2.75, 3.05) is 0 Å². The molecule has 0 fully saturated rings. The van der Waals surface area contributed by atoms with E-state index < -0.39 is 6.17 Å². The average Bonchev–Trinajstić information content (AvgIpc) is 3.95. The van der Waals surface area contributed by atoms with Crippen molar-refractivity contribution in [2.24, 2.45) is 9.98 Å². The van der Waals surface area contributed by atoms with Crippen LogP contribution in [0.2, 0.25) is 0 Å². The van der Waals surface area contributed by atoms with Crippen LogP contribution in [0.5, 0.6) is 0 Å². The molecule has 3 atom stereocenters. The first-order valence-electron chi connectivity index (χ1n) is 19.4. The number of amidine groups is 2. The number of hydrogen-bond donors (Lipinski definition) is 0. The smallest absolute Gasteiger partial charge is 0.0791 e. The molecule has 1 aliphatic carbocycles. The van der Waals surface area contributed by atoms with Gasteiger partial charge in [-0.2, -0.15) is 0 Å². The molecule has 0 saturated carbocycles. The van der Waals surface area contributed by atoms with Gasteiger partial charge < -0.3 is 14.9 Å². The fraction of sp³-hybridized carbons (Fsp3) is 0.0588. The van der Waals surface area contributed by atoms with Crippen LogP contribution in [0.4, 0.5) is 0 Å². The average molecular weight is 766 g/mol. The van der Waals surface area contributed by atoms with E-state index >= 15 is 0 Å². The minimum Gasteiger partial charge on any atom is -0.438 e. The Labute approximate surface area is 338 Å². The molecule has 3 unspecified atom stereocenters. The Kier molecular flexibility index (Phi) is 7.50. The number of thiophene rings is 1. The highest BCUT2D eigenvalue weighted by Gasteiger charge is 2.39. The van der Waals surface area contributed by atoms with E-state index in [0.29, 0.717) is 11.7 Å². The molecule has 0 radical (unpaired) electrons. The van der Waals surface area contributed by atoms with Gasteiger partial charge in [-0.25, -0.2) is 0 Å². The molecule has 57 heavy (non-hydrogen) atoms. The standard InChI is InChI=1S/C51H33N4S2/c1-3-13-31(14-4-1)49-52-50(32-15-5-2-6-16-32)54-51(53-49)41-29-35(30-47-48(41)38-19-9-12-22-45(38)57-47)55-42-20-10-7-17-36(42)39-27-33(23-25-43(39)55)34-24-26-46-40(28-34)37-18-8-11-21-44(37)56-46/h1-30,47-48,51H/q-1. The molecule has 9 aromatic rings. The van der Waals surface area contributed by atoms with Crippen LogP contribution in [0.25, 0.3) is 64.1 Å². The Morgan fingerprint density at radius 3 is 2.07 bits per heavy atom. The molecule has 2 aliphatic heterocycles. The van der Waals surface area contributed by atoms with Crippen LogP contribution in [0.3, 0.4) is 0 Å². The van der Waals surface area contributed by atoms with Gasteiger partial charge in [0.15, 0.2) is 0 Å². The molecule has 2 aromatic heterocycles. The maximum Gasteiger partial charge on any atom is 0.0791 e. The fourth-order valence-electron chi connectivity index (χ4n) is 8.94. The number of aliphatic imine (C=N–C) groups is 2. The Bertz CT molecular complexity index is 3200. The van der Waals surface area contributed by atoms with Crippen LogP contribution in [-0.2, 0) is 0 Å². The number of fused-ring (bicyclic) bond motifs is 9. The highest BCUT2D eigenvalue weighted by Crippen LogP contribution is 2.54. The van der Waals surface area contributed by atoms with E-state index in [4.69, 9.17) is 15.3 Å². The summed E-state index contributed by atoms with van der Waals surface area (Å²) in [7, 11) is 0. The topological polar surface area (TPSA) is 43.8 Å². The summed E-state index contributed by atoms with van der Waals surface area (Å²) in [5, 5.41) is 10.7. The zero-order valence-corrected chi connectivity index (χ0v) is 32.3. The molecule has 3 aliphatic rings. The van der Waals surface area contributed by atoms with E-state index in [1.54, 1.807) is 0 Å². The quantitative estimate of drug-likeness (QED) is 0.172. The summed E-state index contributed by atoms with van der Waals surface area (Å²) < 4.78 is 5.11. The molecule has 0 bridgehead atoms. The molecule has 0 N–H and O–H groups in total. The molecule has 6 heteroatoms. The molecular weight excluding hydrogens is 733 g/mol. The molecule has 7 aromatic carbocycles. The van der Waals surface area contributed by atoms with Gasteiger partial charge in [0.25, 0.3) is 0 Å². The Hall–Kier alpha value is -6.47. The number of hydrogen-bond acceptors (Lipinski definition) is 4. The van der Waals surface area contributed by atoms with Gasteiger partial charge >= 0.3 is 0 Å². The van der Waals surface area contributed by atoms with Gasteiger partial charge in [0, 0.05) is 52.7 Å². The number of allylic oxidation sites excluding steroid dienone is 2. The number of benzene rings is 7. The molecular formula is C51H33N4S2-. The number of aromatic nitrogens is 1. The second-order valence-electron chi connectivity index (χ2n) is 14.9. The van der Waals surface area contributed by atoms with Gasteiger partial charge in [0.1, 0.15) is 0 Å². The van der Waals surface area contributed by atoms with Gasteiger partial charge in [-0.1, -0.05) is 133 Å². The normalized spacial score (nSPS) is 18.8. The molecule has 12 rings (SSSR count). The van der Waals surface area contributed by atoms with Crippen molar-refractivity contribution in [3.63, 3.8) is 0 Å². The van der Waals surface area contributed by atoms with Crippen molar-refractivity contribution in [3.05, 3.63) is 210 Å². The number of para-hydroxylation sites is 1. The third-order valence-electron chi connectivity index (χ3n) is 11.6. The molecule has 4 heterocycles. The minimum absolute atomic E-state index is 0.127. The lowest BCUT2D eigenvalue weighted by molar-refractivity contribution is 0.736. The number of nitrogens with zero attached hydrogens (tertiary/aromatic N) is 4. The van der Waals surface area contributed by atoms with E-state index in [1.165, 1.54) is 69.1 Å². The summed E-state index contributed by atoms with van der Waals surface area (Å²) in [6.07, 6.45) is 4.41. The van der Waals surface area contributed by atoms with E-state index in [1.807, 2.05) is 59.5 Å². The summed E-state index contributed by atoms with van der Waals surface area (Å²) in [5.74, 6) is 1.54. The third-order valence-corrected chi connectivity index (χ3v) is 14.0. The van der Waals surface area contributed by atoms with E-state index in [2.05, 4.69) is 150 Å². The predicted octanol–water partition coefficient (Wildman–Crippen LogP) is 13.5. The van der Waals surface area contributed by atoms with Crippen LogP contribution >= 0.6 is 23.1 Å². The number of rotatable bonds is 5. The van der Waals surface area contributed by atoms with E-state index in [-0.39, 0.29) is 11.2 Å². The maximum absolute atomic E-state index is 5.36. The van der Waals surface area contributed by atoms with Crippen LogP contribution < -0.4 is 0 Å². The van der Waals surface area contributed by atoms with Crippen molar-refractivity contribution in [2.45, 2.75) is 22.2 Å². The highest BCUT2D eigenvalue weighted by atomic mass is 32.2. The van der Waals surface area contributed by atoms with Crippen molar-refractivity contribution in [1.82, 2.24) is 4.57 Å². The van der Waals surface area contributed by atoms with Crippen molar-refractivity contribution >= 4 is 82.4 Å². The second kappa shape index (κ2) is 13.1. The molecule has 0 spiro atoms. The lowest BCUT2D eigenvalue weighted by atomic mass is 9.82. The first kappa shape index (κ1) is 32.7. The van der Waals surface area contributed by atoms with Gasteiger partial charge in [0.05, 0.1) is 23.0 Å². The fourth-order valence-corrected chi connectivity index (χ4v) is 11.5. The van der Waals surface area contributed by atoms with Crippen LogP contribution in [-0.4, -0.2) is 27.7 Å². The summed E-state index contributed by atoms with van der Waals surface area (Å²) in [6.45, 7) is 0. The third kappa shape index (κ3) is 5.36. The Morgan fingerprint density at radius 1 is 0.544 bits per heavy atom. The zero-order chi connectivity index (χ0) is 37.5. The lowest BCUT2D eigenvalue weighted by Gasteiger charge is -2.38. The number of thioether (sulfide) groups is 1. The highest BCUT2D eigenvalue weighted by molar-refractivity contribution is 8.00. The van der Waals surface area contributed by atoms with Gasteiger partial charge in [0.2, 0.25) is 0 Å². The Morgan fingerprint density at radius 2 is 1.21 bits per heavy atom. The van der Waals surface area contributed by atoms with Gasteiger partial charge in [-0.05, 0) is 88.0 Å². The predicted molar refractivity (Wildman–Crippen MR) is 242 cm³/mol. The van der Waals surface area contributed by atoms with E-state index in [0.717, 1.165) is 16.8 Å². The second-order valence-corrected chi connectivity index (χ2v) is 17.2. The Balaban J connectivity index is 1.03. The molecule has 0 saturated heterocycles. The van der Waals surface area contributed by atoms with Crippen molar-refractivity contribution < 1.29 is 0 Å². The first-order valence-corrected chi connectivity index (χ1v) is 21.1. The van der Waals surface area contributed by atoms with Crippen LogP contribution in [0.15, 0.2) is 202 Å². The van der Waals surface area contributed by atoms with Crippen molar-refractivity contribution in [3.8, 4) is 11.1 Å². The summed E-state index contributed by atoms with van der Waals surface area (Å²) in [4.78, 5) is 11.7. The lowest BCUT2D eigenvalue weighted by Crippen LogP contribution is -2.28. The van der Waals surface area contributed by atoms with Gasteiger partial charge in [-0.15, -0.1) is 23.1 Å². The SMILES string of the molecule is C1=C(C2N=C(c3ccccc3)N=C(c3ccccc3)[N-]2)C2c3ccccc3SC2C=C1n1c2ccccc2c2cc(-c3ccc4sc5ccccc5c4c3)ccc21. The summed E-state index contributed by atoms with van der Waals surface area (Å²) in [6, 6.07) is 60.9. The molecule has 4 nitrogen and oxygen atoms in total. The summed E-state index contributed by atoms with van der Waals surface area (Å²) in [5.41, 5.74) is 10.5. The first-order chi connectivity index (χ1) is 28.2.